The monoisotopic (exact) mass is 257 g/mol. The van der Waals surface area contributed by atoms with Crippen molar-refractivity contribution in [3.63, 3.8) is 0 Å². The standard InChI is InChI=1S/C16H19NS/c1-12-16(7-4-10-18-12)17-15-9-8-13-5-2-3-6-14(13)11-15/h2-3,5-6,8-9,11-12,16-17H,4,7,10H2,1H3. The number of rotatable bonds is 2. The highest BCUT2D eigenvalue weighted by atomic mass is 32.2. The Bertz CT molecular complexity index is 537. The van der Waals surface area contributed by atoms with Gasteiger partial charge in [0.15, 0.2) is 0 Å². The van der Waals surface area contributed by atoms with Gasteiger partial charge in [-0.05, 0) is 41.5 Å². The summed E-state index contributed by atoms with van der Waals surface area (Å²) < 4.78 is 0. The Kier molecular flexibility index (Phi) is 3.46. The van der Waals surface area contributed by atoms with E-state index in [1.807, 2.05) is 0 Å². The van der Waals surface area contributed by atoms with Crippen LogP contribution in [0.3, 0.4) is 0 Å². The summed E-state index contributed by atoms with van der Waals surface area (Å²) in [7, 11) is 0. The summed E-state index contributed by atoms with van der Waals surface area (Å²) in [5, 5.41) is 7.05. The number of hydrogen-bond acceptors (Lipinski definition) is 2. The Morgan fingerprint density at radius 1 is 1.11 bits per heavy atom. The average molecular weight is 257 g/mol. The molecule has 0 amide bonds. The molecule has 1 heterocycles. The van der Waals surface area contributed by atoms with Crippen molar-refractivity contribution in [2.45, 2.75) is 31.1 Å². The van der Waals surface area contributed by atoms with Gasteiger partial charge in [0.25, 0.3) is 0 Å². The maximum atomic E-state index is 3.70. The molecule has 2 atom stereocenters. The molecule has 0 saturated carbocycles. The summed E-state index contributed by atoms with van der Waals surface area (Å²) in [6.45, 7) is 2.34. The smallest absolute Gasteiger partial charge is 0.0377 e. The molecule has 0 spiro atoms. The van der Waals surface area contributed by atoms with Gasteiger partial charge in [-0.25, -0.2) is 0 Å². The summed E-state index contributed by atoms with van der Waals surface area (Å²) >= 11 is 2.09. The molecule has 1 aliphatic rings. The minimum absolute atomic E-state index is 0.616. The van der Waals surface area contributed by atoms with Crippen molar-refractivity contribution < 1.29 is 0 Å². The molecule has 1 nitrogen and oxygen atoms in total. The molecule has 0 bridgehead atoms. The molecule has 0 aliphatic carbocycles. The number of thioether (sulfide) groups is 1. The first-order valence-electron chi connectivity index (χ1n) is 6.70. The Morgan fingerprint density at radius 3 is 2.78 bits per heavy atom. The second-order valence-electron chi connectivity index (χ2n) is 5.03. The van der Waals surface area contributed by atoms with Gasteiger partial charge in [-0.2, -0.15) is 11.8 Å². The van der Waals surface area contributed by atoms with Crippen LogP contribution in [0, 0.1) is 0 Å². The lowest BCUT2D eigenvalue weighted by molar-refractivity contribution is 0.617. The minimum atomic E-state index is 0.616. The van der Waals surface area contributed by atoms with Crippen molar-refractivity contribution in [1.29, 1.82) is 0 Å². The van der Waals surface area contributed by atoms with Gasteiger partial charge in [-0.15, -0.1) is 0 Å². The molecule has 2 unspecified atom stereocenters. The first-order chi connectivity index (χ1) is 8.83. The topological polar surface area (TPSA) is 12.0 Å². The molecule has 1 fully saturated rings. The third-order valence-corrected chi connectivity index (χ3v) is 5.09. The maximum Gasteiger partial charge on any atom is 0.0377 e. The van der Waals surface area contributed by atoms with E-state index in [4.69, 9.17) is 0 Å². The van der Waals surface area contributed by atoms with E-state index in [-0.39, 0.29) is 0 Å². The van der Waals surface area contributed by atoms with Crippen LogP contribution >= 0.6 is 11.8 Å². The van der Waals surface area contributed by atoms with E-state index in [0.717, 1.165) is 0 Å². The first kappa shape index (κ1) is 11.9. The molecule has 0 radical (unpaired) electrons. The fourth-order valence-electron chi connectivity index (χ4n) is 2.61. The van der Waals surface area contributed by atoms with Gasteiger partial charge < -0.3 is 5.32 Å². The fourth-order valence-corrected chi connectivity index (χ4v) is 3.75. The number of anilines is 1. The van der Waals surface area contributed by atoms with E-state index >= 15 is 0 Å². The Morgan fingerprint density at radius 2 is 1.94 bits per heavy atom. The molecule has 18 heavy (non-hydrogen) atoms. The third-order valence-electron chi connectivity index (χ3n) is 3.71. The van der Waals surface area contributed by atoms with Crippen molar-refractivity contribution in [3.8, 4) is 0 Å². The zero-order valence-corrected chi connectivity index (χ0v) is 11.5. The average Bonchev–Trinajstić information content (AvgIpc) is 2.41. The molecule has 2 aromatic carbocycles. The van der Waals surface area contributed by atoms with Gasteiger partial charge in [0, 0.05) is 17.0 Å². The van der Waals surface area contributed by atoms with E-state index < -0.39 is 0 Å². The van der Waals surface area contributed by atoms with Crippen LogP contribution in [0.25, 0.3) is 10.8 Å². The third kappa shape index (κ3) is 2.49. The largest absolute Gasteiger partial charge is 0.381 e. The van der Waals surface area contributed by atoms with Gasteiger partial charge in [0.2, 0.25) is 0 Å². The van der Waals surface area contributed by atoms with Gasteiger partial charge >= 0.3 is 0 Å². The molecule has 1 aliphatic heterocycles. The number of benzene rings is 2. The van der Waals surface area contributed by atoms with E-state index in [1.165, 1.54) is 35.1 Å². The van der Waals surface area contributed by atoms with Gasteiger partial charge in [0.1, 0.15) is 0 Å². The molecule has 2 aromatic rings. The highest BCUT2D eigenvalue weighted by Gasteiger charge is 2.21. The van der Waals surface area contributed by atoms with E-state index in [9.17, 15) is 0 Å². The van der Waals surface area contributed by atoms with Crippen LogP contribution in [0.5, 0.6) is 0 Å². The Labute approximate surface area is 113 Å². The molecule has 2 heteroatoms. The molecular formula is C16H19NS. The summed E-state index contributed by atoms with van der Waals surface area (Å²) in [5.74, 6) is 1.32. The van der Waals surface area contributed by atoms with Crippen molar-refractivity contribution in [1.82, 2.24) is 0 Å². The zero-order valence-electron chi connectivity index (χ0n) is 10.7. The van der Waals surface area contributed by atoms with Crippen LogP contribution in [-0.2, 0) is 0 Å². The molecule has 1 saturated heterocycles. The van der Waals surface area contributed by atoms with Crippen molar-refractivity contribution in [2.75, 3.05) is 11.1 Å². The lowest BCUT2D eigenvalue weighted by atomic mass is 10.1. The van der Waals surface area contributed by atoms with Crippen LogP contribution in [0.2, 0.25) is 0 Å². The van der Waals surface area contributed by atoms with Crippen LogP contribution in [-0.4, -0.2) is 17.0 Å². The lowest BCUT2D eigenvalue weighted by Gasteiger charge is -2.30. The quantitative estimate of drug-likeness (QED) is 0.848. The highest BCUT2D eigenvalue weighted by molar-refractivity contribution is 8.00. The first-order valence-corrected chi connectivity index (χ1v) is 7.75. The minimum Gasteiger partial charge on any atom is -0.381 e. The van der Waals surface area contributed by atoms with E-state index in [0.29, 0.717) is 11.3 Å². The zero-order chi connectivity index (χ0) is 12.4. The molecule has 94 valence electrons. The van der Waals surface area contributed by atoms with Crippen molar-refractivity contribution >= 4 is 28.2 Å². The summed E-state index contributed by atoms with van der Waals surface area (Å²) in [5.41, 5.74) is 1.26. The fraction of sp³-hybridized carbons (Fsp3) is 0.375. The van der Waals surface area contributed by atoms with Crippen molar-refractivity contribution in [3.05, 3.63) is 42.5 Å². The van der Waals surface area contributed by atoms with Gasteiger partial charge in [-0.1, -0.05) is 37.3 Å². The lowest BCUT2D eigenvalue weighted by Crippen LogP contribution is -2.32. The highest BCUT2D eigenvalue weighted by Crippen LogP contribution is 2.28. The molecule has 0 aromatic heterocycles. The van der Waals surface area contributed by atoms with Crippen LogP contribution < -0.4 is 5.32 Å². The Hall–Kier alpha value is -1.15. The van der Waals surface area contributed by atoms with Crippen LogP contribution in [0.15, 0.2) is 42.5 Å². The predicted octanol–water partition coefficient (Wildman–Crippen LogP) is 4.54. The Balaban J connectivity index is 1.81. The second-order valence-corrected chi connectivity index (χ2v) is 6.52. The van der Waals surface area contributed by atoms with Crippen LogP contribution in [0.4, 0.5) is 5.69 Å². The second kappa shape index (κ2) is 5.23. The van der Waals surface area contributed by atoms with E-state index in [2.05, 4.69) is 66.5 Å². The van der Waals surface area contributed by atoms with Crippen molar-refractivity contribution in [2.24, 2.45) is 0 Å². The summed E-state index contributed by atoms with van der Waals surface area (Å²) in [6, 6.07) is 15.8. The SMILES string of the molecule is CC1SCCCC1Nc1ccc2ccccc2c1. The molecule has 3 rings (SSSR count). The predicted molar refractivity (Wildman–Crippen MR) is 82.5 cm³/mol. The number of nitrogens with one attached hydrogen (secondary N) is 1. The van der Waals surface area contributed by atoms with Gasteiger partial charge in [0.05, 0.1) is 0 Å². The van der Waals surface area contributed by atoms with Gasteiger partial charge in [-0.3, -0.25) is 0 Å². The summed E-state index contributed by atoms with van der Waals surface area (Å²) in [6.07, 6.45) is 2.63. The molecular weight excluding hydrogens is 238 g/mol. The summed E-state index contributed by atoms with van der Waals surface area (Å²) in [4.78, 5) is 0. The van der Waals surface area contributed by atoms with Crippen LogP contribution in [0.1, 0.15) is 19.8 Å². The normalized spacial score (nSPS) is 24.1. The van der Waals surface area contributed by atoms with E-state index in [1.54, 1.807) is 0 Å². The maximum absolute atomic E-state index is 3.70. The molecule has 1 N–H and O–H groups in total. The number of hydrogen-bond donors (Lipinski definition) is 1. The number of fused-ring (bicyclic) bond motifs is 1.